The molecule has 0 saturated heterocycles. The maximum Gasteiger partial charge on any atom is 0.129 e. The van der Waals surface area contributed by atoms with E-state index in [2.05, 4.69) is 42.1 Å². The van der Waals surface area contributed by atoms with E-state index in [0.29, 0.717) is 0 Å². The van der Waals surface area contributed by atoms with Gasteiger partial charge in [0.25, 0.3) is 0 Å². The van der Waals surface area contributed by atoms with Crippen molar-refractivity contribution >= 4 is 5.82 Å². The number of aromatic nitrogens is 2. The monoisotopic (exact) mass is 271 g/mol. The van der Waals surface area contributed by atoms with Gasteiger partial charge in [0.05, 0.1) is 12.8 Å². The SMILES string of the molecule is CNc1cc(-c2ccc(OC)c(C(C)(C)C)c2)ncn1. The van der Waals surface area contributed by atoms with Gasteiger partial charge in [-0.1, -0.05) is 20.8 Å². The minimum atomic E-state index is 0.0141. The summed E-state index contributed by atoms with van der Waals surface area (Å²) in [6.07, 6.45) is 1.57. The number of nitrogens with one attached hydrogen (secondary N) is 1. The summed E-state index contributed by atoms with van der Waals surface area (Å²) in [4.78, 5) is 8.49. The zero-order valence-corrected chi connectivity index (χ0v) is 12.7. The number of methoxy groups -OCH3 is 1. The minimum Gasteiger partial charge on any atom is -0.496 e. The quantitative estimate of drug-likeness (QED) is 0.928. The molecule has 0 aliphatic rings. The molecule has 2 aromatic rings. The molecule has 0 atom stereocenters. The first-order valence-electron chi connectivity index (χ1n) is 6.64. The van der Waals surface area contributed by atoms with Crippen LogP contribution < -0.4 is 10.1 Å². The Morgan fingerprint density at radius 1 is 1.10 bits per heavy atom. The Morgan fingerprint density at radius 2 is 1.85 bits per heavy atom. The van der Waals surface area contributed by atoms with Crippen molar-refractivity contribution in [3.8, 4) is 17.0 Å². The van der Waals surface area contributed by atoms with Gasteiger partial charge in [0.1, 0.15) is 17.9 Å². The predicted molar refractivity (Wildman–Crippen MR) is 82.3 cm³/mol. The van der Waals surface area contributed by atoms with E-state index in [1.54, 1.807) is 13.4 Å². The summed E-state index contributed by atoms with van der Waals surface area (Å²) in [5.41, 5.74) is 3.15. The number of anilines is 1. The van der Waals surface area contributed by atoms with Crippen LogP contribution in [0, 0.1) is 0 Å². The second kappa shape index (κ2) is 5.49. The highest BCUT2D eigenvalue weighted by atomic mass is 16.5. The molecule has 0 unspecified atom stereocenters. The number of nitrogens with zero attached hydrogens (tertiary/aromatic N) is 2. The molecular formula is C16H21N3O. The summed E-state index contributed by atoms with van der Waals surface area (Å²) in [6.45, 7) is 6.52. The first kappa shape index (κ1) is 14.3. The van der Waals surface area contributed by atoms with Crippen molar-refractivity contribution in [2.75, 3.05) is 19.5 Å². The van der Waals surface area contributed by atoms with Crippen molar-refractivity contribution in [2.24, 2.45) is 0 Å². The van der Waals surface area contributed by atoms with E-state index in [4.69, 9.17) is 4.74 Å². The highest BCUT2D eigenvalue weighted by Crippen LogP contribution is 2.34. The first-order chi connectivity index (χ1) is 9.45. The van der Waals surface area contributed by atoms with Gasteiger partial charge in [0.2, 0.25) is 0 Å². The molecule has 0 amide bonds. The average molecular weight is 271 g/mol. The molecule has 0 saturated carbocycles. The van der Waals surface area contributed by atoms with Crippen molar-refractivity contribution in [2.45, 2.75) is 26.2 Å². The molecule has 0 bridgehead atoms. The lowest BCUT2D eigenvalue weighted by Gasteiger charge is -2.22. The Bertz CT molecular complexity index is 603. The van der Waals surface area contributed by atoms with E-state index in [1.807, 2.05) is 25.2 Å². The van der Waals surface area contributed by atoms with E-state index in [-0.39, 0.29) is 5.41 Å². The summed E-state index contributed by atoms with van der Waals surface area (Å²) >= 11 is 0. The van der Waals surface area contributed by atoms with Gasteiger partial charge >= 0.3 is 0 Å². The van der Waals surface area contributed by atoms with Gasteiger partial charge < -0.3 is 10.1 Å². The third-order valence-corrected chi connectivity index (χ3v) is 3.23. The van der Waals surface area contributed by atoms with Crippen LogP contribution in [0.4, 0.5) is 5.82 Å². The molecule has 4 heteroatoms. The third-order valence-electron chi connectivity index (χ3n) is 3.23. The first-order valence-corrected chi connectivity index (χ1v) is 6.64. The van der Waals surface area contributed by atoms with Crippen LogP contribution in [0.1, 0.15) is 26.3 Å². The van der Waals surface area contributed by atoms with Crippen LogP contribution >= 0.6 is 0 Å². The lowest BCUT2D eigenvalue weighted by molar-refractivity contribution is 0.397. The van der Waals surface area contributed by atoms with Crippen LogP contribution in [0.15, 0.2) is 30.6 Å². The zero-order valence-electron chi connectivity index (χ0n) is 12.7. The predicted octanol–water partition coefficient (Wildman–Crippen LogP) is 3.49. The molecule has 1 N–H and O–H groups in total. The fourth-order valence-electron chi connectivity index (χ4n) is 2.11. The molecule has 0 fully saturated rings. The van der Waals surface area contributed by atoms with Gasteiger partial charge in [0.15, 0.2) is 0 Å². The van der Waals surface area contributed by atoms with Gasteiger partial charge in [-0.15, -0.1) is 0 Å². The Balaban J connectivity index is 2.53. The van der Waals surface area contributed by atoms with E-state index in [0.717, 1.165) is 22.8 Å². The number of benzene rings is 1. The number of ether oxygens (including phenoxy) is 1. The van der Waals surface area contributed by atoms with Crippen LogP contribution in [0.3, 0.4) is 0 Å². The van der Waals surface area contributed by atoms with Gasteiger partial charge in [-0.2, -0.15) is 0 Å². The summed E-state index contributed by atoms with van der Waals surface area (Å²) in [5, 5.41) is 3.03. The smallest absolute Gasteiger partial charge is 0.129 e. The fraction of sp³-hybridized carbons (Fsp3) is 0.375. The maximum absolute atomic E-state index is 5.46. The second-order valence-corrected chi connectivity index (χ2v) is 5.70. The standard InChI is InChI=1S/C16H21N3O/c1-16(2,3)12-8-11(6-7-14(12)20-5)13-9-15(17-4)19-10-18-13/h6-10H,1-5H3,(H,17,18,19). The highest BCUT2D eigenvalue weighted by molar-refractivity contribution is 5.65. The van der Waals surface area contributed by atoms with Crippen LogP contribution in [-0.2, 0) is 5.41 Å². The van der Waals surface area contributed by atoms with Crippen LogP contribution in [-0.4, -0.2) is 24.1 Å². The summed E-state index contributed by atoms with van der Waals surface area (Å²) in [6, 6.07) is 8.10. The second-order valence-electron chi connectivity index (χ2n) is 5.70. The largest absolute Gasteiger partial charge is 0.496 e. The highest BCUT2D eigenvalue weighted by Gasteiger charge is 2.19. The molecule has 106 valence electrons. The van der Waals surface area contributed by atoms with Crippen molar-refractivity contribution < 1.29 is 4.74 Å². The lowest BCUT2D eigenvalue weighted by atomic mass is 9.85. The molecule has 1 aromatic heterocycles. The zero-order chi connectivity index (χ0) is 14.8. The van der Waals surface area contributed by atoms with Crippen LogP contribution in [0.2, 0.25) is 0 Å². The molecular weight excluding hydrogens is 250 g/mol. The molecule has 1 heterocycles. The summed E-state index contributed by atoms with van der Waals surface area (Å²) in [7, 11) is 3.55. The van der Waals surface area contributed by atoms with Crippen LogP contribution in [0.25, 0.3) is 11.3 Å². The number of rotatable bonds is 3. The summed E-state index contributed by atoms with van der Waals surface area (Å²) < 4.78 is 5.46. The van der Waals surface area contributed by atoms with Crippen LogP contribution in [0.5, 0.6) is 5.75 Å². The fourth-order valence-corrected chi connectivity index (χ4v) is 2.11. The van der Waals surface area contributed by atoms with Crippen molar-refractivity contribution in [1.82, 2.24) is 9.97 Å². The molecule has 0 radical (unpaired) electrons. The van der Waals surface area contributed by atoms with Crippen molar-refractivity contribution in [1.29, 1.82) is 0 Å². The number of hydrogen-bond acceptors (Lipinski definition) is 4. The van der Waals surface area contributed by atoms with E-state index in [1.165, 1.54) is 5.56 Å². The molecule has 4 nitrogen and oxygen atoms in total. The lowest BCUT2D eigenvalue weighted by Crippen LogP contribution is -2.13. The Morgan fingerprint density at radius 3 is 2.45 bits per heavy atom. The van der Waals surface area contributed by atoms with E-state index in [9.17, 15) is 0 Å². The molecule has 20 heavy (non-hydrogen) atoms. The number of hydrogen-bond donors (Lipinski definition) is 1. The van der Waals surface area contributed by atoms with Crippen molar-refractivity contribution in [3.63, 3.8) is 0 Å². The Labute approximate surface area is 120 Å². The molecule has 2 rings (SSSR count). The van der Waals surface area contributed by atoms with Gasteiger partial charge in [-0.25, -0.2) is 9.97 Å². The van der Waals surface area contributed by atoms with Gasteiger partial charge in [-0.05, 0) is 23.6 Å². The third kappa shape index (κ3) is 2.90. The maximum atomic E-state index is 5.46. The normalized spacial score (nSPS) is 11.2. The van der Waals surface area contributed by atoms with Crippen molar-refractivity contribution in [3.05, 3.63) is 36.2 Å². The summed E-state index contributed by atoms with van der Waals surface area (Å²) in [5.74, 6) is 1.72. The molecule has 1 aromatic carbocycles. The molecule has 0 aliphatic heterocycles. The Hall–Kier alpha value is -2.10. The molecule has 0 spiro atoms. The minimum absolute atomic E-state index is 0.0141. The Kier molecular flexibility index (Phi) is 3.93. The topological polar surface area (TPSA) is 47.0 Å². The van der Waals surface area contributed by atoms with E-state index < -0.39 is 0 Å². The molecule has 0 aliphatic carbocycles. The van der Waals surface area contributed by atoms with Gasteiger partial charge in [0, 0.05) is 24.2 Å². The average Bonchev–Trinajstić information content (AvgIpc) is 2.45. The van der Waals surface area contributed by atoms with Gasteiger partial charge in [-0.3, -0.25) is 0 Å². The van der Waals surface area contributed by atoms with E-state index >= 15 is 0 Å².